The van der Waals surface area contributed by atoms with E-state index < -0.39 is 9.84 Å². The van der Waals surface area contributed by atoms with Crippen molar-refractivity contribution in [3.05, 3.63) is 72.4 Å². The normalized spacial score (nSPS) is 11.2. The van der Waals surface area contributed by atoms with Gasteiger partial charge in [0.1, 0.15) is 10.7 Å². The summed E-state index contributed by atoms with van der Waals surface area (Å²) in [5.41, 5.74) is 7.01. The SMILES string of the molecule is CN(Cc1ccccc1)c1ncc(S(=O)(=O)c2ccccc2)c(N)n1. The molecule has 1 heterocycles. The van der Waals surface area contributed by atoms with Gasteiger partial charge in [0, 0.05) is 13.6 Å². The molecule has 0 amide bonds. The molecular weight excluding hydrogens is 336 g/mol. The third-order valence-corrected chi connectivity index (χ3v) is 5.50. The van der Waals surface area contributed by atoms with Crippen molar-refractivity contribution in [2.75, 3.05) is 17.7 Å². The van der Waals surface area contributed by atoms with Crippen LogP contribution in [0.1, 0.15) is 5.56 Å². The van der Waals surface area contributed by atoms with E-state index in [2.05, 4.69) is 9.97 Å². The van der Waals surface area contributed by atoms with E-state index in [4.69, 9.17) is 5.73 Å². The van der Waals surface area contributed by atoms with Crippen molar-refractivity contribution >= 4 is 21.6 Å². The first-order chi connectivity index (χ1) is 12.0. The highest BCUT2D eigenvalue weighted by Gasteiger charge is 2.22. The van der Waals surface area contributed by atoms with Gasteiger partial charge in [0.25, 0.3) is 0 Å². The standard InChI is InChI=1S/C18H18N4O2S/c1-22(13-14-8-4-2-5-9-14)18-20-12-16(17(19)21-18)25(23,24)15-10-6-3-7-11-15/h2-12H,13H2,1H3,(H2,19,20,21). The van der Waals surface area contributed by atoms with Crippen molar-refractivity contribution in [1.29, 1.82) is 0 Å². The van der Waals surface area contributed by atoms with E-state index in [-0.39, 0.29) is 15.6 Å². The number of benzene rings is 2. The Balaban J connectivity index is 1.88. The molecule has 7 heteroatoms. The van der Waals surface area contributed by atoms with Crippen LogP contribution in [0.25, 0.3) is 0 Å². The molecule has 0 aliphatic rings. The Bertz CT molecular complexity index is 961. The molecule has 3 aromatic rings. The zero-order valence-electron chi connectivity index (χ0n) is 13.7. The fourth-order valence-electron chi connectivity index (χ4n) is 2.42. The van der Waals surface area contributed by atoms with Gasteiger partial charge in [-0.3, -0.25) is 0 Å². The number of hydrogen-bond donors (Lipinski definition) is 1. The van der Waals surface area contributed by atoms with Gasteiger partial charge in [0.2, 0.25) is 15.8 Å². The van der Waals surface area contributed by atoms with Gasteiger partial charge in [-0.15, -0.1) is 0 Å². The average Bonchev–Trinajstić information content (AvgIpc) is 2.63. The molecule has 0 saturated heterocycles. The second kappa shape index (κ2) is 6.90. The highest BCUT2D eigenvalue weighted by atomic mass is 32.2. The summed E-state index contributed by atoms with van der Waals surface area (Å²) in [7, 11) is -1.91. The molecule has 0 bridgehead atoms. The fourth-order valence-corrected chi connectivity index (χ4v) is 3.70. The smallest absolute Gasteiger partial charge is 0.227 e. The van der Waals surface area contributed by atoms with Gasteiger partial charge in [0.05, 0.1) is 11.1 Å². The number of rotatable bonds is 5. The number of hydrogen-bond acceptors (Lipinski definition) is 6. The quantitative estimate of drug-likeness (QED) is 0.757. The van der Waals surface area contributed by atoms with E-state index in [0.29, 0.717) is 12.5 Å². The van der Waals surface area contributed by atoms with Crippen LogP contribution in [0, 0.1) is 0 Å². The van der Waals surface area contributed by atoms with Crippen LogP contribution in [0.15, 0.2) is 76.7 Å². The molecule has 0 fully saturated rings. The largest absolute Gasteiger partial charge is 0.382 e. The lowest BCUT2D eigenvalue weighted by atomic mass is 10.2. The molecule has 0 aliphatic carbocycles. The molecule has 0 saturated carbocycles. The predicted molar refractivity (Wildman–Crippen MR) is 96.9 cm³/mol. The lowest BCUT2D eigenvalue weighted by Gasteiger charge is -2.18. The molecule has 0 spiro atoms. The first-order valence-corrected chi connectivity index (χ1v) is 9.14. The number of sulfone groups is 1. The Labute approximate surface area is 146 Å². The van der Waals surface area contributed by atoms with E-state index in [0.717, 1.165) is 5.56 Å². The van der Waals surface area contributed by atoms with Crippen LogP contribution in [0.5, 0.6) is 0 Å². The third kappa shape index (κ3) is 3.61. The van der Waals surface area contributed by atoms with E-state index in [9.17, 15) is 8.42 Å². The minimum Gasteiger partial charge on any atom is -0.382 e. The van der Waals surface area contributed by atoms with Crippen LogP contribution in [0.4, 0.5) is 11.8 Å². The highest BCUT2D eigenvalue weighted by molar-refractivity contribution is 7.91. The maximum Gasteiger partial charge on any atom is 0.227 e. The van der Waals surface area contributed by atoms with Crippen molar-refractivity contribution < 1.29 is 8.42 Å². The Morgan fingerprint density at radius 1 is 1.00 bits per heavy atom. The third-order valence-electron chi connectivity index (χ3n) is 3.72. The Kier molecular flexibility index (Phi) is 4.67. The molecule has 2 N–H and O–H groups in total. The van der Waals surface area contributed by atoms with Crippen molar-refractivity contribution in [1.82, 2.24) is 9.97 Å². The minimum atomic E-state index is -3.74. The summed E-state index contributed by atoms with van der Waals surface area (Å²) in [4.78, 5) is 10.2. The Hall–Kier alpha value is -2.93. The molecule has 0 atom stereocenters. The van der Waals surface area contributed by atoms with Crippen LogP contribution in [-0.2, 0) is 16.4 Å². The number of aromatic nitrogens is 2. The molecule has 0 aliphatic heterocycles. The predicted octanol–water partition coefficient (Wildman–Crippen LogP) is 2.53. The van der Waals surface area contributed by atoms with Crippen LogP contribution >= 0.6 is 0 Å². The van der Waals surface area contributed by atoms with Gasteiger partial charge in [-0.1, -0.05) is 48.5 Å². The van der Waals surface area contributed by atoms with Gasteiger partial charge in [-0.25, -0.2) is 13.4 Å². The number of anilines is 2. The van der Waals surface area contributed by atoms with Crippen LogP contribution in [0.2, 0.25) is 0 Å². The van der Waals surface area contributed by atoms with Gasteiger partial charge in [-0.05, 0) is 17.7 Å². The molecule has 3 rings (SSSR count). The second-order valence-electron chi connectivity index (χ2n) is 5.58. The molecule has 128 valence electrons. The number of nitrogens with zero attached hydrogens (tertiary/aromatic N) is 3. The molecule has 2 aromatic carbocycles. The summed E-state index contributed by atoms with van der Waals surface area (Å²) in [5, 5.41) is 0. The van der Waals surface area contributed by atoms with Gasteiger partial charge >= 0.3 is 0 Å². The van der Waals surface area contributed by atoms with Crippen molar-refractivity contribution in [2.24, 2.45) is 0 Å². The van der Waals surface area contributed by atoms with E-state index in [1.54, 1.807) is 18.2 Å². The topological polar surface area (TPSA) is 89.2 Å². The first-order valence-electron chi connectivity index (χ1n) is 7.66. The van der Waals surface area contributed by atoms with Crippen molar-refractivity contribution in [2.45, 2.75) is 16.3 Å². The van der Waals surface area contributed by atoms with Gasteiger partial charge in [0.15, 0.2) is 0 Å². The molecule has 1 aromatic heterocycles. The zero-order valence-corrected chi connectivity index (χ0v) is 14.5. The van der Waals surface area contributed by atoms with Gasteiger partial charge < -0.3 is 10.6 Å². The summed E-state index contributed by atoms with van der Waals surface area (Å²) < 4.78 is 25.3. The molecule has 25 heavy (non-hydrogen) atoms. The van der Waals surface area contributed by atoms with E-state index >= 15 is 0 Å². The van der Waals surface area contributed by atoms with E-state index in [1.165, 1.54) is 18.3 Å². The summed E-state index contributed by atoms with van der Waals surface area (Å²) >= 11 is 0. The average molecular weight is 354 g/mol. The molecule has 6 nitrogen and oxygen atoms in total. The summed E-state index contributed by atoms with van der Waals surface area (Å²) in [6.07, 6.45) is 1.27. The van der Waals surface area contributed by atoms with E-state index in [1.807, 2.05) is 42.3 Å². The summed E-state index contributed by atoms with van der Waals surface area (Å²) in [5.74, 6) is 0.308. The minimum absolute atomic E-state index is 0.0613. The Morgan fingerprint density at radius 3 is 2.20 bits per heavy atom. The molecule has 0 radical (unpaired) electrons. The zero-order chi connectivity index (χ0) is 17.9. The summed E-state index contributed by atoms with van der Waals surface area (Å²) in [6.45, 7) is 0.588. The van der Waals surface area contributed by atoms with Gasteiger partial charge in [-0.2, -0.15) is 4.98 Å². The second-order valence-corrected chi connectivity index (χ2v) is 7.50. The maximum absolute atomic E-state index is 12.7. The van der Waals surface area contributed by atoms with Crippen LogP contribution < -0.4 is 10.6 Å². The van der Waals surface area contributed by atoms with Crippen LogP contribution in [-0.4, -0.2) is 25.4 Å². The molecular formula is C18H18N4O2S. The Morgan fingerprint density at radius 2 is 1.60 bits per heavy atom. The fraction of sp³-hybridized carbons (Fsp3) is 0.111. The van der Waals surface area contributed by atoms with Crippen molar-refractivity contribution in [3.63, 3.8) is 0 Å². The number of nitrogen functional groups attached to an aromatic ring is 1. The van der Waals surface area contributed by atoms with Crippen molar-refractivity contribution in [3.8, 4) is 0 Å². The molecule has 0 unspecified atom stereocenters. The lowest BCUT2D eigenvalue weighted by molar-refractivity contribution is 0.595. The maximum atomic E-state index is 12.7. The highest BCUT2D eigenvalue weighted by Crippen LogP contribution is 2.25. The monoisotopic (exact) mass is 354 g/mol. The number of nitrogens with two attached hydrogens (primary N) is 1. The summed E-state index contributed by atoms with van der Waals surface area (Å²) in [6, 6.07) is 17.9. The first kappa shape index (κ1) is 16.9. The van der Waals surface area contributed by atoms with Crippen LogP contribution in [0.3, 0.4) is 0 Å². The lowest BCUT2D eigenvalue weighted by Crippen LogP contribution is -2.20.